The largest absolute Gasteiger partial charge is 0.390 e. The molecule has 0 amide bonds. The molecule has 1 saturated heterocycles. The smallest absolute Gasteiger partial charge is 0.151 e. The molecule has 1 aromatic heterocycles. The molecule has 1 aliphatic carbocycles. The Morgan fingerprint density at radius 3 is 2.89 bits per heavy atom. The molecule has 2 heterocycles. The molecule has 0 radical (unpaired) electrons. The van der Waals surface area contributed by atoms with Crippen LogP contribution in [0.4, 0.5) is 5.82 Å². The number of hydrogen-bond donors (Lipinski definition) is 1. The van der Waals surface area contributed by atoms with Crippen LogP contribution in [0.25, 0.3) is 0 Å². The van der Waals surface area contributed by atoms with Crippen LogP contribution in [0.3, 0.4) is 0 Å². The Kier molecular flexibility index (Phi) is 3.21. The number of nitrogens with zero attached hydrogens (tertiary/aromatic N) is 3. The maximum absolute atomic E-state index is 10.8. The third-order valence-corrected chi connectivity index (χ3v) is 5.04. The standard InChI is InChI=1S/C15H23N3O/c1-3-15(19)8-4-5-12-9-18(10-13(12)15)14-7-6-11(2)16-17-14/h6-7,12-13,19H,3-5,8-10H2,1-2H3/t12-,13+,15-/m1/s1. The number of aromatic nitrogens is 2. The molecule has 3 atom stereocenters. The lowest BCUT2D eigenvalue weighted by Gasteiger charge is -2.40. The topological polar surface area (TPSA) is 49.2 Å². The fourth-order valence-corrected chi connectivity index (χ4v) is 3.81. The summed E-state index contributed by atoms with van der Waals surface area (Å²) < 4.78 is 0. The minimum Gasteiger partial charge on any atom is -0.390 e. The monoisotopic (exact) mass is 261 g/mol. The van der Waals surface area contributed by atoms with Crippen molar-refractivity contribution >= 4 is 5.82 Å². The van der Waals surface area contributed by atoms with Crippen LogP contribution in [0.1, 0.15) is 38.3 Å². The summed E-state index contributed by atoms with van der Waals surface area (Å²) in [4.78, 5) is 2.30. The van der Waals surface area contributed by atoms with E-state index in [1.54, 1.807) is 0 Å². The summed E-state index contributed by atoms with van der Waals surface area (Å²) in [5.41, 5.74) is 0.487. The normalized spacial score (nSPS) is 34.4. The zero-order valence-corrected chi connectivity index (χ0v) is 11.8. The molecule has 104 valence electrons. The summed E-state index contributed by atoms with van der Waals surface area (Å²) in [6, 6.07) is 4.06. The lowest BCUT2D eigenvalue weighted by molar-refractivity contribution is -0.0597. The number of anilines is 1. The average Bonchev–Trinajstić information content (AvgIpc) is 2.85. The Morgan fingerprint density at radius 2 is 2.21 bits per heavy atom. The SMILES string of the molecule is CC[C@@]1(O)CCC[C@@H]2CN(c3ccc(C)nn3)C[C@@H]21. The van der Waals surface area contributed by atoms with Gasteiger partial charge in [0.15, 0.2) is 5.82 Å². The van der Waals surface area contributed by atoms with E-state index in [0.717, 1.165) is 43.9 Å². The predicted octanol–water partition coefficient (Wildman–Crippen LogP) is 2.16. The Hall–Kier alpha value is -1.16. The van der Waals surface area contributed by atoms with Gasteiger partial charge in [0.05, 0.1) is 11.3 Å². The molecule has 4 heteroatoms. The van der Waals surface area contributed by atoms with Gasteiger partial charge in [-0.1, -0.05) is 13.3 Å². The molecule has 0 unspecified atom stereocenters. The molecule has 3 rings (SSSR count). The summed E-state index contributed by atoms with van der Waals surface area (Å²) in [6.07, 6.45) is 4.21. The number of fused-ring (bicyclic) bond motifs is 1. The second kappa shape index (κ2) is 4.75. The first-order valence-electron chi connectivity index (χ1n) is 7.40. The van der Waals surface area contributed by atoms with E-state index in [4.69, 9.17) is 0 Å². The number of hydrogen-bond acceptors (Lipinski definition) is 4. The van der Waals surface area contributed by atoms with Crippen molar-refractivity contribution in [2.24, 2.45) is 11.8 Å². The molecule has 1 N–H and O–H groups in total. The summed E-state index contributed by atoms with van der Waals surface area (Å²) in [5.74, 6) is 1.97. The first-order valence-corrected chi connectivity index (χ1v) is 7.40. The Balaban J connectivity index is 1.80. The van der Waals surface area contributed by atoms with E-state index in [0.29, 0.717) is 11.8 Å². The number of rotatable bonds is 2. The van der Waals surface area contributed by atoms with Gasteiger partial charge in [-0.05, 0) is 44.2 Å². The number of aryl methyl sites for hydroxylation is 1. The molecule has 1 aliphatic heterocycles. The van der Waals surface area contributed by atoms with Gasteiger partial charge in [-0.25, -0.2) is 0 Å². The van der Waals surface area contributed by atoms with Gasteiger partial charge in [0.25, 0.3) is 0 Å². The summed E-state index contributed by atoms with van der Waals surface area (Å²) in [6.45, 7) is 6.00. The van der Waals surface area contributed by atoms with Crippen LogP contribution in [-0.4, -0.2) is 34.0 Å². The molecule has 19 heavy (non-hydrogen) atoms. The fourth-order valence-electron chi connectivity index (χ4n) is 3.81. The average molecular weight is 261 g/mol. The summed E-state index contributed by atoms with van der Waals surface area (Å²) in [5, 5.41) is 19.2. The molecular formula is C15H23N3O. The van der Waals surface area contributed by atoms with Crippen LogP contribution in [0, 0.1) is 18.8 Å². The highest BCUT2D eigenvalue weighted by atomic mass is 16.3. The van der Waals surface area contributed by atoms with Gasteiger partial charge < -0.3 is 10.0 Å². The van der Waals surface area contributed by atoms with Crippen LogP contribution in [-0.2, 0) is 0 Å². The van der Waals surface area contributed by atoms with Crippen molar-refractivity contribution in [2.45, 2.75) is 45.1 Å². The molecule has 2 fully saturated rings. The minimum atomic E-state index is -0.463. The van der Waals surface area contributed by atoms with Crippen molar-refractivity contribution < 1.29 is 5.11 Å². The lowest BCUT2D eigenvalue weighted by Crippen LogP contribution is -2.44. The first kappa shape index (κ1) is 12.9. The van der Waals surface area contributed by atoms with Crippen molar-refractivity contribution in [3.63, 3.8) is 0 Å². The Morgan fingerprint density at radius 1 is 1.37 bits per heavy atom. The Bertz CT molecular complexity index is 447. The third kappa shape index (κ3) is 2.22. The molecular weight excluding hydrogens is 238 g/mol. The van der Waals surface area contributed by atoms with Crippen LogP contribution in [0.2, 0.25) is 0 Å². The van der Waals surface area contributed by atoms with Gasteiger partial charge in [-0.15, -0.1) is 5.10 Å². The molecule has 4 nitrogen and oxygen atoms in total. The highest BCUT2D eigenvalue weighted by molar-refractivity contribution is 5.39. The zero-order chi connectivity index (χ0) is 13.5. The van der Waals surface area contributed by atoms with Crippen LogP contribution in [0.15, 0.2) is 12.1 Å². The lowest BCUT2D eigenvalue weighted by atomic mass is 9.69. The minimum absolute atomic E-state index is 0.398. The van der Waals surface area contributed by atoms with Gasteiger partial charge in [0.2, 0.25) is 0 Å². The second-order valence-electron chi connectivity index (χ2n) is 6.15. The quantitative estimate of drug-likeness (QED) is 0.886. The van der Waals surface area contributed by atoms with E-state index in [1.165, 1.54) is 6.42 Å². The van der Waals surface area contributed by atoms with E-state index in [-0.39, 0.29) is 0 Å². The van der Waals surface area contributed by atoms with Gasteiger partial charge in [-0.2, -0.15) is 5.10 Å². The maximum atomic E-state index is 10.8. The highest BCUT2D eigenvalue weighted by Crippen LogP contribution is 2.44. The third-order valence-electron chi connectivity index (χ3n) is 5.04. The highest BCUT2D eigenvalue weighted by Gasteiger charge is 2.47. The summed E-state index contributed by atoms with van der Waals surface area (Å²) >= 11 is 0. The van der Waals surface area contributed by atoms with E-state index in [9.17, 15) is 5.11 Å². The van der Waals surface area contributed by atoms with Gasteiger partial charge in [-0.3, -0.25) is 0 Å². The van der Waals surface area contributed by atoms with Crippen molar-refractivity contribution in [3.8, 4) is 0 Å². The molecule has 2 aliphatic rings. The second-order valence-corrected chi connectivity index (χ2v) is 6.15. The van der Waals surface area contributed by atoms with E-state index in [1.807, 2.05) is 19.1 Å². The van der Waals surface area contributed by atoms with Crippen molar-refractivity contribution in [1.29, 1.82) is 0 Å². The van der Waals surface area contributed by atoms with Crippen molar-refractivity contribution in [2.75, 3.05) is 18.0 Å². The molecule has 0 aromatic carbocycles. The molecule has 0 bridgehead atoms. The number of aliphatic hydroxyl groups is 1. The van der Waals surface area contributed by atoms with Crippen molar-refractivity contribution in [3.05, 3.63) is 17.8 Å². The van der Waals surface area contributed by atoms with Crippen molar-refractivity contribution in [1.82, 2.24) is 10.2 Å². The van der Waals surface area contributed by atoms with Gasteiger partial charge in [0, 0.05) is 19.0 Å². The Labute approximate surface area is 114 Å². The molecule has 1 aromatic rings. The van der Waals surface area contributed by atoms with Gasteiger partial charge >= 0.3 is 0 Å². The van der Waals surface area contributed by atoms with Crippen LogP contribution >= 0.6 is 0 Å². The van der Waals surface area contributed by atoms with E-state index in [2.05, 4.69) is 22.0 Å². The van der Waals surface area contributed by atoms with E-state index >= 15 is 0 Å². The van der Waals surface area contributed by atoms with Crippen LogP contribution < -0.4 is 4.90 Å². The fraction of sp³-hybridized carbons (Fsp3) is 0.733. The first-order chi connectivity index (χ1) is 9.12. The maximum Gasteiger partial charge on any atom is 0.151 e. The van der Waals surface area contributed by atoms with Crippen LogP contribution in [0.5, 0.6) is 0 Å². The predicted molar refractivity (Wildman–Crippen MR) is 75.1 cm³/mol. The van der Waals surface area contributed by atoms with E-state index < -0.39 is 5.60 Å². The van der Waals surface area contributed by atoms with Gasteiger partial charge in [0.1, 0.15) is 0 Å². The molecule has 1 saturated carbocycles. The summed E-state index contributed by atoms with van der Waals surface area (Å²) in [7, 11) is 0. The zero-order valence-electron chi connectivity index (χ0n) is 11.8. The molecule has 0 spiro atoms.